The second kappa shape index (κ2) is 8.47. The molecule has 134 valence electrons. The molecule has 0 spiro atoms. The van der Waals surface area contributed by atoms with Gasteiger partial charge in [0.1, 0.15) is 5.00 Å². The molecule has 5 nitrogen and oxygen atoms in total. The van der Waals surface area contributed by atoms with E-state index in [0.29, 0.717) is 22.1 Å². The third kappa shape index (κ3) is 5.04. The molecule has 0 radical (unpaired) electrons. The van der Waals surface area contributed by atoms with Crippen LogP contribution in [0.3, 0.4) is 0 Å². The molecular weight excluding hydrogens is 360 g/mol. The van der Waals surface area contributed by atoms with Crippen molar-refractivity contribution in [3.05, 3.63) is 50.9 Å². The molecule has 0 aliphatic carbocycles. The zero-order valence-corrected chi connectivity index (χ0v) is 16.3. The van der Waals surface area contributed by atoms with Crippen molar-refractivity contribution in [3.8, 4) is 0 Å². The Hall–Kier alpha value is -1.89. The van der Waals surface area contributed by atoms with Crippen LogP contribution in [0.2, 0.25) is 5.02 Å². The molecule has 0 saturated heterocycles. The normalized spacial score (nSPS) is 10.8. The number of methoxy groups -OCH3 is 1. The number of nitrogens with zero attached hydrogens (tertiary/aromatic N) is 1. The maximum Gasteiger partial charge on any atom is 0.341 e. The predicted octanol–water partition coefficient (Wildman–Crippen LogP) is 3.88. The van der Waals surface area contributed by atoms with Crippen molar-refractivity contribution in [1.29, 1.82) is 0 Å². The van der Waals surface area contributed by atoms with E-state index in [-0.39, 0.29) is 12.5 Å². The number of benzene rings is 1. The number of ether oxygens (including phenoxy) is 1. The molecule has 0 bridgehead atoms. The molecule has 0 fully saturated rings. The highest BCUT2D eigenvalue weighted by molar-refractivity contribution is 7.16. The van der Waals surface area contributed by atoms with Gasteiger partial charge in [-0.15, -0.1) is 11.3 Å². The molecule has 0 saturated carbocycles. The van der Waals surface area contributed by atoms with Crippen LogP contribution in [0.25, 0.3) is 0 Å². The van der Waals surface area contributed by atoms with Crippen molar-refractivity contribution in [2.24, 2.45) is 0 Å². The first-order valence-electron chi connectivity index (χ1n) is 7.73. The van der Waals surface area contributed by atoms with Gasteiger partial charge in [0.25, 0.3) is 0 Å². The first-order chi connectivity index (χ1) is 11.8. The Morgan fingerprint density at radius 2 is 2.04 bits per heavy atom. The van der Waals surface area contributed by atoms with Crippen LogP contribution in [-0.2, 0) is 16.1 Å². The Morgan fingerprint density at radius 3 is 2.68 bits per heavy atom. The largest absolute Gasteiger partial charge is 0.465 e. The molecule has 7 heteroatoms. The van der Waals surface area contributed by atoms with E-state index < -0.39 is 5.97 Å². The zero-order chi connectivity index (χ0) is 18.6. The summed E-state index contributed by atoms with van der Waals surface area (Å²) < 4.78 is 4.82. The molecular formula is C18H21ClN2O3S. The molecule has 1 aromatic heterocycles. The van der Waals surface area contributed by atoms with Crippen LogP contribution in [0.4, 0.5) is 5.00 Å². The molecule has 0 atom stereocenters. The Kier molecular flexibility index (Phi) is 6.58. The van der Waals surface area contributed by atoms with Crippen LogP contribution >= 0.6 is 22.9 Å². The highest BCUT2D eigenvalue weighted by Gasteiger charge is 2.21. The molecule has 1 amide bonds. The van der Waals surface area contributed by atoms with Crippen molar-refractivity contribution in [3.63, 3.8) is 0 Å². The van der Waals surface area contributed by atoms with Gasteiger partial charge in [0, 0.05) is 16.4 Å². The SMILES string of the molecule is COC(=O)c1c(NC(=O)CN(C)Cc2cccc(Cl)c2)sc(C)c1C. The number of thiophene rings is 1. The Balaban J connectivity index is 2.03. The van der Waals surface area contributed by atoms with E-state index in [2.05, 4.69) is 5.32 Å². The van der Waals surface area contributed by atoms with E-state index >= 15 is 0 Å². The minimum absolute atomic E-state index is 0.184. The topological polar surface area (TPSA) is 58.6 Å². The molecule has 1 aromatic carbocycles. The number of amides is 1. The van der Waals surface area contributed by atoms with E-state index in [1.165, 1.54) is 18.4 Å². The first kappa shape index (κ1) is 19.4. The van der Waals surface area contributed by atoms with E-state index in [4.69, 9.17) is 16.3 Å². The molecule has 2 aromatic rings. The highest BCUT2D eigenvalue weighted by Crippen LogP contribution is 2.32. The monoisotopic (exact) mass is 380 g/mol. The highest BCUT2D eigenvalue weighted by atomic mass is 35.5. The van der Waals surface area contributed by atoms with Gasteiger partial charge >= 0.3 is 5.97 Å². The number of likely N-dealkylation sites (N-methyl/N-ethyl adjacent to an activating group) is 1. The zero-order valence-electron chi connectivity index (χ0n) is 14.7. The minimum Gasteiger partial charge on any atom is -0.465 e. The Labute approximate surface area is 156 Å². The molecule has 25 heavy (non-hydrogen) atoms. The van der Waals surface area contributed by atoms with Gasteiger partial charge in [0.2, 0.25) is 5.91 Å². The maximum absolute atomic E-state index is 12.3. The van der Waals surface area contributed by atoms with Crippen molar-refractivity contribution >= 4 is 39.8 Å². The molecule has 2 rings (SSSR count). The fraction of sp³-hybridized carbons (Fsp3) is 0.333. The fourth-order valence-corrected chi connectivity index (χ4v) is 3.75. The number of hydrogen-bond donors (Lipinski definition) is 1. The number of hydrogen-bond acceptors (Lipinski definition) is 5. The predicted molar refractivity (Wildman–Crippen MR) is 102 cm³/mol. The van der Waals surface area contributed by atoms with Gasteiger partial charge in [-0.3, -0.25) is 9.69 Å². The average Bonchev–Trinajstić information content (AvgIpc) is 2.80. The van der Waals surface area contributed by atoms with Gasteiger partial charge < -0.3 is 10.1 Å². The summed E-state index contributed by atoms with van der Waals surface area (Å²) in [5.41, 5.74) is 2.29. The Morgan fingerprint density at radius 1 is 1.32 bits per heavy atom. The quantitative estimate of drug-likeness (QED) is 0.773. The summed E-state index contributed by atoms with van der Waals surface area (Å²) in [5, 5.41) is 4.03. The van der Waals surface area contributed by atoms with Crippen molar-refractivity contribution in [2.45, 2.75) is 20.4 Å². The first-order valence-corrected chi connectivity index (χ1v) is 8.92. The molecule has 0 aliphatic heterocycles. The molecule has 1 N–H and O–H groups in total. The third-order valence-corrected chi connectivity index (χ3v) is 5.14. The van der Waals surface area contributed by atoms with E-state index in [1.54, 1.807) is 0 Å². The van der Waals surface area contributed by atoms with Crippen molar-refractivity contribution < 1.29 is 14.3 Å². The summed E-state index contributed by atoms with van der Waals surface area (Å²) in [6.07, 6.45) is 0. The number of aryl methyl sites for hydroxylation is 1. The second-order valence-electron chi connectivity index (χ2n) is 5.83. The third-order valence-electron chi connectivity index (χ3n) is 3.78. The molecule has 1 heterocycles. The van der Waals surface area contributed by atoms with E-state index in [1.807, 2.05) is 50.1 Å². The number of rotatable bonds is 6. The number of halogens is 1. The van der Waals surface area contributed by atoms with Gasteiger partial charge in [-0.05, 0) is 44.2 Å². The van der Waals surface area contributed by atoms with E-state index in [9.17, 15) is 9.59 Å². The van der Waals surface area contributed by atoms with Crippen molar-refractivity contribution in [1.82, 2.24) is 4.90 Å². The van der Waals surface area contributed by atoms with Crippen LogP contribution in [0, 0.1) is 13.8 Å². The second-order valence-corrected chi connectivity index (χ2v) is 7.49. The number of anilines is 1. The Bertz CT molecular complexity index is 789. The van der Waals surface area contributed by atoms with Crippen molar-refractivity contribution in [2.75, 3.05) is 26.0 Å². The lowest BCUT2D eigenvalue weighted by atomic mass is 10.1. The smallest absolute Gasteiger partial charge is 0.341 e. The van der Waals surface area contributed by atoms with Gasteiger partial charge in [-0.1, -0.05) is 23.7 Å². The average molecular weight is 381 g/mol. The maximum atomic E-state index is 12.3. The summed E-state index contributed by atoms with van der Waals surface area (Å²) in [5.74, 6) is -0.625. The summed E-state index contributed by atoms with van der Waals surface area (Å²) in [7, 11) is 3.19. The lowest BCUT2D eigenvalue weighted by Gasteiger charge is -2.16. The molecule has 0 unspecified atom stereocenters. The van der Waals surface area contributed by atoms with Gasteiger partial charge in [-0.25, -0.2) is 4.79 Å². The number of esters is 1. The van der Waals surface area contributed by atoms with Crippen LogP contribution in [0.5, 0.6) is 0 Å². The van der Waals surface area contributed by atoms with Crippen LogP contribution in [0.1, 0.15) is 26.4 Å². The molecule has 0 aliphatic rings. The van der Waals surface area contributed by atoms with E-state index in [0.717, 1.165) is 16.0 Å². The van der Waals surface area contributed by atoms with Gasteiger partial charge in [0.15, 0.2) is 0 Å². The minimum atomic E-state index is -0.440. The summed E-state index contributed by atoms with van der Waals surface area (Å²) in [6, 6.07) is 7.53. The van der Waals surface area contributed by atoms with Crippen LogP contribution < -0.4 is 5.32 Å². The number of carbonyl (C=O) groups is 2. The summed E-state index contributed by atoms with van der Waals surface area (Å²) in [6.45, 7) is 4.55. The summed E-state index contributed by atoms with van der Waals surface area (Å²) in [4.78, 5) is 27.2. The summed E-state index contributed by atoms with van der Waals surface area (Å²) >= 11 is 7.36. The van der Waals surface area contributed by atoms with Gasteiger partial charge in [-0.2, -0.15) is 0 Å². The van der Waals surface area contributed by atoms with Crippen LogP contribution in [-0.4, -0.2) is 37.5 Å². The van der Waals surface area contributed by atoms with Crippen LogP contribution in [0.15, 0.2) is 24.3 Å². The van der Waals surface area contributed by atoms with Gasteiger partial charge in [0.05, 0.1) is 19.2 Å². The fourth-order valence-electron chi connectivity index (χ4n) is 2.48. The number of nitrogens with one attached hydrogen (secondary N) is 1. The standard InChI is InChI=1S/C18H21ClN2O3S/c1-11-12(2)25-17(16(11)18(23)24-4)20-15(22)10-21(3)9-13-6-5-7-14(19)8-13/h5-8H,9-10H2,1-4H3,(H,20,22). The number of carbonyl (C=O) groups excluding carboxylic acids is 2. The lowest BCUT2D eigenvalue weighted by molar-refractivity contribution is -0.117. The lowest BCUT2D eigenvalue weighted by Crippen LogP contribution is -2.30.